The van der Waals surface area contributed by atoms with Crippen molar-refractivity contribution in [3.63, 3.8) is 0 Å². The zero-order valence-corrected chi connectivity index (χ0v) is 11.0. The first-order valence-electron chi connectivity index (χ1n) is 6.13. The zero-order chi connectivity index (χ0) is 13.2. The van der Waals surface area contributed by atoms with Crippen molar-refractivity contribution in [3.8, 4) is 0 Å². The Labute approximate surface area is 107 Å². The average molecular weight is 249 g/mol. The zero-order valence-electron chi connectivity index (χ0n) is 11.0. The monoisotopic (exact) mass is 249 g/mol. The van der Waals surface area contributed by atoms with Gasteiger partial charge >= 0.3 is 6.09 Å². The predicted molar refractivity (Wildman–Crippen MR) is 69.7 cm³/mol. The first kappa shape index (κ1) is 12.9. The first-order chi connectivity index (χ1) is 8.44. The third kappa shape index (κ3) is 4.04. The molecule has 4 heteroatoms. The molecule has 1 fully saturated rings. The fraction of sp³-hybridized carbons (Fsp3) is 0.500. The van der Waals surface area contributed by atoms with Gasteiger partial charge in [0.1, 0.15) is 5.60 Å². The van der Waals surface area contributed by atoms with Crippen molar-refractivity contribution in [1.82, 2.24) is 0 Å². The maximum absolute atomic E-state index is 11.7. The fourth-order valence-corrected chi connectivity index (χ4v) is 1.66. The van der Waals surface area contributed by atoms with Crippen LogP contribution >= 0.6 is 0 Å². The molecule has 1 atom stereocenters. The highest BCUT2D eigenvalue weighted by Crippen LogP contribution is 2.23. The van der Waals surface area contributed by atoms with E-state index in [1.54, 1.807) is 0 Å². The Morgan fingerprint density at radius 3 is 2.72 bits per heavy atom. The second-order valence-corrected chi connectivity index (χ2v) is 5.44. The fourth-order valence-electron chi connectivity index (χ4n) is 1.66. The number of epoxide rings is 1. The second kappa shape index (κ2) is 4.98. The van der Waals surface area contributed by atoms with Gasteiger partial charge in [0.05, 0.1) is 12.7 Å². The van der Waals surface area contributed by atoms with Gasteiger partial charge in [-0.15, -0.1) is 0 Å². The van der Waals surface area contributed by atoms with Crippen molar-refractivity contribution in [2.24, 2.45) is 0 Å². The van der Waals surface area contributed by atoms with Crippen LogP contribution in [0.1, 0.15) is 26.3 Å². The number of carbonyl (C=O) groups is 1. The van der Waals surface area contributed by atoms with E-state index in [1.807, 2.05) is 45.0 Å². The molecule has 1 aromatic carbocycles. The van der Waals surface area contributed by atoms with Crippen LogP contribution in [0.25, 0.3) is 0 Å². The third-order valence-electron chi connectivity index (χ3n) is 2.50. The van der Waals surface area contributed by atoms with Gasteiger partial charge in [0, 0.05) is 12.1 Å². The van der Waals surface area contributed by atoms with E-state index in [2.05, 4.69) is 5.32 Å². The quantitative estimate of drug-likeness (QED) is 0.838. The molecule has 1 aromatic rings. The van der Waals surface area contributed by atoms with Crippen LogP contribution in [0.3, 0.4) is 0 Å². The van der Waals surface area contributed by atoms with Crippen LogP contribution in [-0.2, 0) is 15.9 Å². The number of anilines is 1. The van der Waals surface area contributed by atoms with Gasteiger partial charge in [0.25, 0.3) is 0 Å². The molecule has 1 amide bonds. The summed E-state index contributed by atoms with van der Waals surface area (Å²) in [6, 6.07) is 7.72. The Morgan fingerprint density at radius 1 is 1.44 bits per heavy atom. The molecule has 0 saturated carbocycles. The van der Waals surface area contributed by atoms with Crippen LogP contribution in [0.2, 0.25) is 0 Å². The normalized spacial score (nSPS) is 18.3. The van der Waals surface area contributed by atoms with Gasteiger partial charge in [0.2, 0.25) is 0 Å². The summed E-state index contributed by atoms with van der Waals surface area (Å²) in [4.78, 5) is 11.7. The van der Waals surface area contributed by atoms with Gasteiger partial charge in [-0.3, -0.25) is 5.32 Å². The van der Waals surface area contributed by atoms with E-state index >= 15 is 0 Å². The second-order valence-electron chi connectivity index (χ2n) is 5.44. The Balaban J connectivity index is 2.01. The van der Waals surface area contributed by atoms with E-state index in [0.717, 1.165) is 24.3 Å². The number of carbonyl (C=O) groups excluding carboxylic acids is 1. The molecule has 1 heterocycles. The van der Waals surface area contributed by atoms with Crippen LogP contribution < -0.4 is 5.32 Å². The minimum atomic E-state index is -0.487. The highest BCUT2D eigenvalue weighted by molar-refractivity contribution is 5.85. The number of rotatable bonds is 3. The van der Waals surface area contributed by atoms with E-state index in [-0.39, 0.29) is 0 Å². The van der Waals surface area contributed by atoms with Crippen molar-refractivity contribution in [2.75, 3.05) is 11.9 Å². The van der Waals surface area contributed by atoms with E-state index < -0.39 is 11.7 Å². The summed E-state index contributed by atoms with van der Waals surface area (Å²) in [7, 11) is 0. The molecule has 1 saturated heterocycles. The Bertz CT molecular complexity index is 433. The lowest BCUT2D eigenvalue weighted by Crippen LogP contribution is -2.27. The lowest BCUT2D eigenvalue weighted by atomic mass is 10.1. The summed E-state index contributed by atoms with van der Waals surface area (Å²) in [5, 5.41) is 2.78. The Hall–Kier alpha value is -1.55. The molecule has 98 valence electrons. The topological polar surface area (TPSA) is 50.9 Å². The largest absolute Gasteiger partial charge is 0.444 e. The predicted octanol–water partition coefficient (Wildman–Crippen LogP) is 2.97. The molecule has 0 spiro atoms. The summed E-state index contributed by atoms with van der Waals surface area (Å²) < 4.78 is 10.4. The van der Waals surface area contributed by atoms with E-state index in [4.69, 9.17) is 9.47 Å². The summed E-state index contributed by atoms with van der Waals surface area (Å²) >= 11 is 0. The van der Waals surface area contributed by atoms with E-state index in [0.29, 0.717) is 6.10 Å². The summed E-state index contributed by atoms with van der Waals surface area (Å²) in [6.07, 6.45) is 0.699. The number of nitrogens with one attached hydrogen (secondary N) is 1. The third-order valence-corrected chi connectivity index (χ3v) is 2.50. The highest BCUT2D eigenvalue weighted by Gasteiger charge is 2.24. The maximum Gasteiger partial charge on any atom is 0.412 e. The van der Waals surface area contributed by atoms with Crippen molar-refractivity contribution in [2.45, 2.75) is 38.9 Å². The molecule has 0 aliphatic carbocycles. The molecule has 2 rings (SSSR count). The van der Waals surface area contributed by atoms with Crippen LogP contribution in [0, 0.1) is 0 Å². The molecule has 1 unspecified atom stereocenters. The van der Waals surface area contributed by atoms with Gasteiger partial charge in [-0.05, 0) is 32.4 Å². The van der Waals surface area contributed by atoms with Gasteiger partial charge in [-0.2, -0.15) is 0 Å². The molecule has 1 N–H and O–H groups in total. The lowest BCUT2D eigenvalue weighted by molar-refractivity contribution is 0.0635. The standard InChI is InChI=1S/C14H19NO3/c1-14(2,3)18-13(16)15-12-7-5-4-6-10(12)8-11-9-17-11/h4-7,11H,8-9H2,1-3H3,(H,15,16). The van der Waals surface area contributed by atoms with Gasteiger partial charge < -0.3 is 9.47 Å². The number of hydrogen-bond donors (Lipinski definition) is 1. The molecule has 0 aromatic heterocycles. The summed E-state index contributed by atoms with van der Waals surface area (Å²) in [5.41, 5.74) is 1.38. The van der Waals surface area contributed by atoms with Crippen molar-refractivity contribution in [1.29, 1.82) is 0 Å². The Kier molecular flexibility index (Phi) is 3.57. The van der Waals surface area contributed by atoms with Crippen molar-refractivity contribution in [3.05, 3.63) is 29.8 Å². The number of hydrogen-bond acceptors (Lipinski definition) is 3. The number of benzene rings is 1. The SMILES string of the molecule is CC(C)(C)OC(=O)Nc1ccccc1CC1CO1. The number of para-hydroxylation sites is 1. The van der Waals surface area contributed by atoms with E-state index in [9.17, 15) is 4.79 Å². The van der Waals surface area contributed by atoms with E-state index in [1.165, 1.54) is 0 Å². The molecular weight excluding hydrogens is 230 g/mol. The summed E-state index contributed by atoms with van der Waals surface area (Å²) in [5.74, 6) is 0. The Morgan fingerprint density at radius 2 is 2.11 bits per heavy atom. The van der Waals surface area contributed by atoms with Crippen LogP contribution in [-0.4, -0.2) is 24.4 Å². The molecule has 0 radical (unpaired) electrons. The van der Waals surface area contributed by atoms with Crippen molar-refractivity contribution >= 4 is 11.8 Å². The molecule has 4 nitrogen and oxygen atoms in total. The van der Waals surface area contributed by atoms with Gasteiger partial charge in [0.15, 0.2) is 0 Å². The summed E-state index contributed by atoms with van der Waals surface area (Å²) in [6.45, 7) is 6.34. The molecule has 0 bridgehead atoms. The molecular formula is C14H19NO3. The number of amides is 1. The van der Waals surface area contributed by atoms with Crippen LogP contribution in [0.4, 0.5) is 10.5 Å². The van der Waals surface area contributed by atoms with Gasteiger partial charge in [-0.25, -0.2) is 4.79 Å². The lowest BCUT2D eigenvalue weighted by Gasteiger charge is -2.20. The number of ether oxygens (including phenoxy) is 2. The smallest absolute Gasteiger partial charge is 0.412 e. The minimum Gasteiger partial charge on any atom is -0.444 e. The highest BCUT2D eigenvalue weighted by atomic mass is 16.6. The van der Waals surface area contributed by atoms with Gasteiger partial charge in [-0.1, -0.05) is 18.2 Å². The first-order valence-corrected chi connectivity index (χ1v) is 6.13. The minimum absolute atomic E-state index is 0.298. The van der Waals surface area contributed by atoms with Crippen LogP contribution in [0.5, 0.6) is 0 Å². The average Bonchev–Trinajstić information content (AvgIpc) is 3.02. The maximum atomic E-state index is 11.7. The van der Waals surface area contributed by atoms with Crippen molar-refractivity contribution < 1.29 is 14.3 Å². The molecule has 1 aliphatic rings. The molecule has 18 heavy (non-hydrogen) atoms. The molecule has 1 aliphatic heterocycles. The van der Waals surface area contributed by atoms with Crippen LogP contribution in [0.15, 0.2) is 24.3 Å².